The van der Waals surface area contributed by atoms with Crippen molar-refractivity contribution in [3.63, 3.8) is 0 Å². The summed E-state index contributed by atoms with van der Waals surface area (Å²) in [5.74, 6) is 0. The summed E-state index contributed by atoms with van der Waals surface area (Å²) < 4.78 is 39.7. The maximum absolute atomic E-state index is 13.3. The van der Waals surface area contributed by atoms with E-state index in [1.165, 1.54) is 5.06 Å². The topological polar surface area (TPSA) is 121 Å². The molecule has 2 saturated heterocycles. The predicted molar refractivity (Wildman–Crippen MR) is 110 cm³/mol. The molecule has 0 spiro atoms. The summed E-state index contributed by atoms with van der Waals surface area (Å²) in [7, 11) is -3.88. The van der Waals surface area contributed by atoms with Gasteiger partial charge in [-0.05, 0) is 63.0 Å². The molecule has 10 nitrogen and oxygen atoms in total. The van der Waals surface area contributed by atoms with Gasteiger partial charge in [-0.2, -0.15) is 5.06 Å². The predicted octanol–water partition coefficient (Wildman–Crippen LogP) is 1.75. The van der Waals surface area contributed by atoms with Crippen LogP contribution in [0.4, 0.5) is 5.69 Å². The van der Waals surface area contributed by atoms with Crippen molar-refractivity contribution < 1.29 is 23.0 Å². The summed E-state index contributed by atoms with van der Waals surface area (Å²) in [6.45, 7) is 10.2. The average molecular weight is 440 g/mol. The molecule has 2 aliphatic heterocycles. The molecule has 0 aliphatic carbocycles. The van der Waals surface area contributed by atoms with Crippen molar-refractivity contribution in [3.8, 4) is 0 Å². The highest BCUT2D eigenvalue weighted by Crippen LogP contribution is 2.37. The third-order valence-electron chi connectivity index (χ3n) is 5.96. The maximum atomic E-state index is 13.3. The first-order valence-electron chi connectivity index (χ1n) is 10.1. The van der Waals surface area contributed by atoms with E-state index < -0.39 is 21.1 Å². The smallest absolute Gasteiger partial charge is 0.243 e. The van der Waals surface area contributed by atoms with Gasteiger partial charge < -0.3 is 14.8 Å². The summed E-state index contributed by atoms with van der Waals surface area (Å²) in [6, 6.07) is 2.96. The van der Waals surface area contributed by atoms with E-state index in [-0.39, 0.29) is 16.5 Å². The van der Waals surface area contributed by atoms with Gasteiger partial charge in [0.15, 0.2) is 11.0 Å². The molecular formula is C19H29N5O5S. The lowest BCUT2D eigenvalue weighted by Gasteiger charge is -2.51. The van der Waals surface area contributed by atoms with Crippen LogP contribution in [0.5, 0.6) is 0 Å². The third-order valence-corrected chi connectivity index (χ3v) is 7.51. The van der Waals surface area contributed by atoms with E-state index in [4.69, 9.17) is 9.37 Å². The Bertz CT molecular complexity index is 1010. The van der Waals surface area contributed by atoms with Crippen molar-refractivity contribution >= 4 is 26.7 Å². The number of hydroxylamine groups is 2. The minimum absolute atomic E-state index is 0.0396. The fraction of sp³-hybridized carbons (Fsp3) is 0.684. The number of aromatic nitrogens is 2. The first-order valence-corrected chi connectivity index (χ1v) is 11.6. The number of fused-ring (bicyclic) bond motifs is 1. The Morgan fingerprint density at radius 2 is 1.67 bits per heavy atom. The highest BCUT2D eigenvalue weighted by atomic mass is 32.2. The highest BCUT2D eigenvalue weighted by molar-refractivity contribution is 7.89. The number of nitrogens with zero attached hydrogens (tertiary/aromatic N) is 4. The van der Waals surface area contributed by atoms with Crippen LogP contribution in [0.15, 0.2) is 21.7 Å². The van der Waals surface area contributed by atoms with Crippen LogP contribution >= 0.6 is 0 Å². The number of rotatable bonds is 4. The van der Waals surface area contributed by atoms with Gasteiger partial charge in [0.25, 0.3) is 0 Å². The Morgan fingerprint density at radius 3 is 2.30 bits per heavy atom. The van der Waals surface area contributed by atoms with E-state index in [9.17, 15) is 13.6 Å². The van der Waals surface area contributed by atoms with Crippen molar-refractivity contribution in [2.24, 2.45) is 0 Å². The van der Waals surface area contributed by atoms with Crippen LogP contribution in [0, 0.1) is 0 Å². The van der Waals surface area contributed by atoms with E-state index in [1.807, 2.05) is 27.7 Å². The molecule has 0 bridgehead atoms. The van der Waals surface area contributed by atoms with Gasteiger partial charge in [0.05, 0.1) is 18.9 Å². The number of hydrogen-bond acceptors (Lipinski definition) is 9. The maximum Gasteiger partial charge on any atom is 0.243 e. The summed E-state index contributed by atoms with van der Waals surface area (Å²) in [5, 5.41) is 19.7. The van der Waals surface area contributed by atoms with Gasteiger partial charge in [0, 0.05) is 30.2 Å². The number of sulfonamides is 1. The molecule has 4 rings (SSSR count). The summed E-state index contributed by atoms with van der Waals surface area (Å²) >= 11 is 0. The molecule has 1 aromatic heterocycles. The van der Waals surface area contributed by atoms with Crippen LogP contribution in [-0.2, 0) is 14.8 Å². The van der Waals surface area contributed by atoms with Gasteiger partial charge >= 0.3 is 0 Å². The van der Waals surface area contributed by atoms with E-state index in [0.29, 0.717) is 44.7 Å². The van der Waals surface area contributed by atoms with Crippen LogP contribution < -0.4 is 9.62 Å². The molecule has 30 heavy (non-hydrogen) atoms. The Hall–Kier alpha value is -1.79. The number of benzene rings is 1. The molecular weight excluding hydrogens is 410 g/mol. The molecule has 2 aliphatic rings. The standard InChI is InChI=1S/C19H29N5O5S/c1-18(2)11-13(12-19(3,4)24(18)25)22-30(26,27)15-6-5-14(16-17(15)21-29-20-16)23-7-9-28-10-8-23/h5-6,13,22,25H,7-12H2,1-4H3. The minimum Gasteiger partial charge on any atom is -0.378 e. The zero-order chi connectivity index (χ0) is 21.7. The van der Waals surface area contributed by atoms with Crippen LogP contribution in [0.25, 0.3) is 11.0 Å². The highest BCUT2D eigenvalue weighted by Gasteiger charge is 2.46. The van der Waals surface area contributed by atoms with E-state index >= 15 is 0 Å². The molecule has 0 saturated carbocycles. The average Bonchev–Trinajstić information content (AvgIpc) is 3.14. The van der Waals surface area contributed by atoms with Gasteiger partial charge in [-0.1, -0.05) is 0 Å². The molecule has 2 fully saturated rings. The molecule has 0 amide bonds. The number of piperidine rings is 1. The lowest BCUT2D eigenvalue weighted by molar-refractivity contribution is -0.245. The zero-order valence-corrected chi connectivity index (χ0v) is 18.6. The van der Waals surface area contributed by atoms with Crippen LogP contribution in [0.2, 0.25) is 0 Å². The van der Waals surface area contributed by atoms with E-state index in [2.05, 4.69) is 19.9 Å². The Morgan fingerprint density at radius 1 is 1.07 bits per heavy atom. The van der Waals surface area contributed by atoms with Crippen molar-refractivity contribution in [2.75, 3.05) is 31.2 Å². The van der Waals surface area contributed by atoms with Gasteiger partial charge in [-0.25, -0.2) is 17.8 Å². The van der Waals surface area contributed by atoms with E-state index in [1.54, 1.807) is 12.1 Å². The monoisotopic (exact) mass is 439 g/mol. The summed E-state index contributed by atoms with van der Waals surface area (Å²) in [4.78, 5) is 2.12. The quantitative estimate of drug-likeness (QED) is 0.734. The normalized spacial score (nSPS) is 23.2. The van der Waals surface area contributed by atoms with Crippen molar-refractivity contribution in [2.45, 2.75) is 62.6 Å². The molecule has 0 atom stereocenters. The molecule has 166 valence electrons. The van der Waals surface area contributed by atoms with Gasteiger partial charge in [0.2, 0.25) is 10.0 Å². The second-order valence-corrected chi connectivity index (χ2v) is 11.0. The minimum atomic E-state index is -3.88. The van der Waals surface area contributed by atoms with Crippen molar-refractivity contribution in [1.29, 1.82) is 0 Å². The molecule has 1 aromatic carbocycles. The SMILES string of the molecule is CC1(C)CC(NS(=O)(=O)c2ccc(N3CCOCC3)c3nonc23)CC(C)(C)N1O. The lowest BCUT2D eigenvalue weighted by atomic mass is 9.79. The molecule has 0 radical (unpaired) electrons. The zero-order valence-electron chi connectivity index (χ0n) is 17.8. The van der Waals surface area contributed by atoms with Crippen molar-refractivity contribution in [1.82, 2.24) is 20.1 Å². The number of ether oxygens (including phenoxy) is 1. The number of nitrogens with one attached hydrogen (secondary N) is 1. The summed E-state index contributed by atoms with van der Waals surface area (Å²) in [5.41, 5.74) is 0.277. The van der Waals surface area contributed by atoms with Gasteiger partial charge in [-0.15, -0.1) is 0 Å². The number of hydrogen-bond donors (Lipinski definition) is 2. The fourth-order valence-corrected chi connectivity index (χ4v) is 6.11. The Balaban J connectivity index is 1.64. The lowest BCUT2D eigenvalue weighted by Crippen LogP contribution is -2.62. The second kappa shape index (κ2) is 7.41. The molecule has 2 N–H and O–H groups in total. The van der Waals surface area contributed by atoms with E-state index in [0.717, 1.165) is 5.69 Å². The number of morpholine rings is 1. The molecule has 11 heteroatoms. The molecule has 3 heterocycles. The van der Waals surface area contributed by atoms with Crippen LogP contribution in [0.3, 0.4) is 0 Å². The van der Waals surface area contributed by atoms with Gasteiger partial charge in [-0.3, -0.25) is 0 Å². The molecule has 2 aromatic rings. The second-order valence-electron chi connectivity index (χ2n) is 9.31. The first-order chi connectivity index (χ1) is 14.0. The van der Waals surface area contributed by atoms with Crippen molar-refractivity contribution in [3.05, 3.63) is 12.1 Å². The largest absolute Gasteiger partial charge is 0.378 e. The third kappa shape index (κ3) is 3.80. The first kappa shape index (κ1) is 21.4. The van der Waals surface area contributed by atoms with Gasteiger partial charge in [0.1, 0.15) is 4.90 Å². The Labute approximate surface area is 176 Å². The molecule has 0 unspecified atom stereocenters. The fourth-order valence-electron chi connectivity index (χ4n) is 4.74. The summed E-state index contributed by atoms with van der Waals surface area (Å²) in [6.07, 6.45) is 0.941. The number of anilines is 1. The Kier molecular flexibility index (Phi) is 5.30. The van der Waals surface area contributed by atoms with Crippen LogP contribution in [0.1, 0.15) is 40.5 Å². The van der Waals surface area contributed by atoms with Crippen LogP contribution in [-0.4, -0.2) is 72.4 Å².